The smallest absolute Gasteiger partial charge is 0.165 e. The van der Waals surface area contributed by atoms with Gasteiger partial charge in [-0.2, -0.15) is 0 Å². The van der Waals surface area contributed by atoms with Crippen LogP contribution in [0.2, 0.25) is 0 Å². The molecule has 2 aromatic rings. The Balaban J connectivity index is 1.99. The van der Waals surface area contributed by atoms with Gasteiger partial charge in [0.05, 0.1) is 6.61 Å². The summed E-state index contributed by atoms with van der Waals surface area (Å²) in [6.45, 7) is 0.895. The van der Waals surface area contributed by atoms with Crippen LogP contribution in [0.4, 0.5) is 4.39 Å². The first kappa shape index (κ1) is 13.5. The minimum atomic E-state index is -0.336. The maximum Gasteiger partial charge on any atom is 0.165 e. The lowest BCUT2D eigenvalue weighted by molar-refractivity contribution is 0.302. The number of aromatic nitrogens is 1. The van der Waals surface area contributed by atoms with Crippen LogP contribution in [0.1, 0.15) is 11.1 Å². The van der Waals surface area contributed by atoms with Crippen LogP contribution in [0, 0.1) is 5.82 Å². The van der Waals surface area contributed by atoms with E-state index < -0.39 is 0 Å². The summed E-state index contributed by atoms with van der Waals surface area (Å²) in [4.78, 5) is 4.03. The van der Waals surface area contributed by atoms with Gasteiger partial charge in [0.2, 0.25) is 0 Å². The van der Waals surface area contributed by atoms with Crippen molar-refractivity contribution in [3.8, 4) is 5.75 Å². The summed E-state index contributed by atoms with van der Waals surface area (Å²) >= 11 is 0. The predicted molar refractivity (Wildman–Crippen MR) is 72.6 cm³/mol. The van der Waals surface area contributed by atoms with Crippen LogP contribution < -0.4 is 10.5 Å². The zero-order chi connectivity index (χ0) is 13.5. The van der Waals surface area contributed by atoms with Crippen molar-refractivity contribution >= 4 is 0 Å². The molecule has 0 amide bonds. The number of para-hydroxylation sites is 1. The molecule has 1 aromatic heterocycles. The van der Waals surface area contributed by atoms with E-state index in [-0.39, 0.29) is 5.82 Å². The van der Waals surface area contributed by atoms with Crippen molar-refractivity contribution < 1.29 is 9.13 Å². The molecule has 1 heterocycles. The Bertz CT molecular complexity index is 517. The van der Waals surface area contributed by atoms with Crippen molar-refractivity contribution in [3.63, 3.8) is 0 Å². The van der Waals surface area contributed by atoms with Gasteiger partial charge >= 0.3 is 0 Å². The highest BCUT2D eigenvalue weighted by Gasteiger charge is 2.09. The fourth-order valence-corrected chi connectivity index (χ4v) is 1.88. The van der Waals surface area contributed by atoms with Gasteiger partial charge in [-0.05, 0) is 36.2 Å². The Morgan fingerprint density at radius 1 is 1.16 bits per heavy atom. The molecule has 2 N–H and O–H groups in total. The fourth-order valence-electron chi connectivity index (χ4n) is 1.88. The molecule has 0 atom stereocenters. The Morgan fingerprint density at radius 2 is 2.05 bits per heavy atom. The second-order valence-corrected chi connectivity index (χ2v) is 4.23. The Labute approximate surface area is 112 Å². The summed E-state index contributed by atoms with van der Waals surface area (Å²) in [7, 11) is 0. The van der Waals surface area contributed by atoms with E-state index in [0.717, 1.165) is 11.1 Å². The molecule has 100 valence electrons. The van der Waals surface area contributed by atoms with Crippen molar-refractivity contribution in [2.45, 2.75) is 12.8 Å². The third-order valence-corrected chi connectivity index (χ3v) is 2.82. The van der Waals surface area contributed by atoms with E-state index in [1.165, 1.54) is 6.07 Å². The molecular formula is C15H17FN2O. The summed E-state index contributed by atoms with van der Waals surface area (Å²) < 4.78 is 19.3. The number of rotatable bonds is 6. The number of nitrogens with zero attached hydrogens (tertiary/aromatic N) is 1. The molecule has 19 heavy (non-hydrogen) atoms. The monoisotopic (exact) mass is 260 g/mol. The van der Waals surface area contributed by atoms with Crippen LogP contribution in [-0.2, 0) is 12.8 Å². The van der Waals surface area contributed by atoms with Crippen LogP contribution in [-0.4, -0.2) is 18.1 Å². The largest absolute Gasteiger partial charge is 0.490 e. The van der Waals surface area contributed by atoms with Gasteiger partial charge in [-0.3, -0.25) is 4.98 Å². The van der Waals surface area contributed by atoms with Crippen LogP contribution in [0.3, 0.4) is 0 Å². The molecule has 0 aliphatic rings. The highest BCUT2D eigenvalue weighted by Crippen LogP contribution is 2.23. The SMILES string of the molecule is NCCc1cccc(F)c1OCCc1cccnc1. The average Bonchev–Trinajstić information content (AvgIpc) is 2.43. The maximum atomic E-state index is 13.7. The maximum absolute atomic E-state index is 13.7. The summed E-state index contributed by atoms with van der Waals surface area (Å²) in [5, 5.41) is 0. The van der Waals surface area contributed by atoms with Gasteiger partial charge in [0, 0.05) is 18.8 Å². The van der Waals surface area contributed by atoms with Crippen molar-refractivity contribution in [2.24, 2.45) is 5.73 Å². The normalized spacial score (nSPS) is 10.4. The standard InChI is InChI=1S/C15H17FN2O/c16-14-5-1-4-13(6-8-17)15(14)19-10-7-12-3-2-9-18-11-12/h1-5,9,11H,6-8,10,17H2. The lowest BCUT2D eigenvalue weighted by Crippen LogP contribution is -2.08. The molecule has 0 bridgehead atoms. The minimum Gasteiger partial charge on any atom is -0.490 e. The molecule has 0 saturated heterocycles. The molecule has 3 nitrogen and oxygen atoms in total. The Morgan fingerprint density at radius 3 is 2.79 bits per heavy atom. The molecule has 2 rings (SSSR count). The van der Waals surface area contributed by atoms with E-state index in [1.807, 2.05) is 18.2 Å². The second kappa shape index (κ2) is 6.85. The van der Waals surface area contributed by atoms with E-state index >= 15 is 0 Å². The summed E-state index contributed by atoms with van der Waals surface area (Å²) in [5.41, 5.74) is 7.40. The third kappa shape index (κ3) is 3.76. The van der Waals surface area contributed by atoms with E-state index in [9.17, 15) is 4.39 Å². The van der Waals surface area contributed by atoms with E-state index in [1.54, 1.807) is 18.5 Å². The molecule has 0 saturated carbocycles. The van der Waals surface area contributed by atoms with Crippen LogP contribution in [0.15, 0.2) is 42.7 Å². The third-order valence-electron chi connectivity index (χ3n) is 2.82. The zero-order valence-corrected chi connectivity index (χ0v) is 10.7. The van der Waals surface area contributed by atoms with Gasteiger partial charge in [0.25, 0.3) is 0 Å². The van der Waals surface area contributed by atoms with Gasteiger partial charge < -0.3 is 10.5 Å². The Hall–Kier alpha value is -1.94. The number of hydrogen-bond donors (Lipinski definition) is 1. The first-order chi connectivity index (χ1) is 9.31. The van der Waals surface area contributed by atoms with Gasteiger partial charge in [0.1, 0.15) is 0 Å². The molecule has 0 aliphatic heterocycles. The van der Waals surface area contributed by atoms with Crippen molar-refractivity contribution in [2.75, 3.05) is 13.2 Å². The van der Waals surface area contributed by atoms with Gasteiger partial charge in [-0.25, -0.2) is 4.39 Å². The first-order valence-electron chi connectivity index (χ1n) is 6.30. The molecule has 0 radical (unpaired) electrons. The molecular weight excluding hydrogens is 243 g/mol. The topological polar surface area (TPSA) is 48.1 Å². The summed E-state index contributed by atoms with van der Waals surface area (Å²) in [5.74, 6) is -0.0195. The molecule has 4 heteroatoms. The van der Waals surface area contributed by atoms with Crippen LogP contribution in [0.25, 0.3) is 0 Å². The second-order valence-electron chi connectivity index (χ2n) is 4.23. The molecule has 0 fully saturated rings. The van der Waals surface area contributed by atoms with E-state index in [0.29, 0.717) is 31.7 Å². The minimum absolute atomic E-state index is 0.317. The lowest BCUT2D eigenvalue weighted by atomic mass is 10.1. The number of benzene rings is 1. The van der Waals surface area contributed by atoms with Gasteiger partial charge in [-0.1, -0.05) is 18.2 Å². The molecule has 1 aromatic carbocycles. The number of pyridine rings is 1. The first-order valence-corrected chi connectivity index (χ1v) is 6.30. The number of nitrogens with two attached hydrogens (primary N) is 1. The fraction of sp³-hybridized carbons (Fsp3) is 0.267. The zero-order valence-electron chi connectivity index (χ0n) is 10.7. The predicted octanol–water partition coefficient (Wildman–Crippen LogP) is 2.34. The molecule has 0 aliphatic carbocycles. The highest BCUT2D eigenvalue weighted by molar-refractivity contribution is 5.35. The Kier molecular flexibility index (Phi) is 4.86. The molecule has 0 spiro atoms. The average molecular weight is 260 g/mol. The number of ether oxygens (including phenoxy) is 1. The van der Waals surface area contributed by atoms with Crippen molar-refractivity contribution in [3.05, 3.63) is 59.7 Å². The van der Waals surface area contributed by atoms with Gasteiger partial charge in [0.15, 0.2) is 11.6 Å². The van der Waals surface area contributed by atoms with Crippen molar-refractivity contribution in [1.82, 2.24) is 4.98 Å². The highest BCUT2D eigenvalue weighted by atomic mass is 19.1. The van der Waals surface area contributed by atoms with E-state index in [2.05, 4.69) is 4.98 Å². The van der Waals surface area contributed by atoms with Crippen LogP contribution >= 0.6 is 0 Å². The lowest BCUT2D eigenvalue weighted by Gasteiger charge is -2.11. The van der Waals surface area contributed by atoms with Crippen molar-refractivity contribution in [1.29, 1.82) is 0 Å². The number of hydrogen-bond acceptors (Lipinski definition) is 3. The van der Waals surface area contributed by atoms with E-state index in [4.69, 9.17) is 10.5 Å². The summed E-state index contributed by atoms with van der Waals surface area (Å²) in [6.07, 6.45) is 4.82. The summed E-state index contributed by atoms with van der Waals surface area (Å²) in [6, 6.07) is 8.76. The molecule has 0 unspecified atom stereocenters. The number of halogens is 1. The quantitative estimate of drug-likeness (QED) is 0.867. The van der Waals surface area contributed by atoms with Crippen LogP contribution in [0.5, 0.6) is 5.75 Å². The van der Waals surface area contributed by atoms with Gasteiger partial charge in [-0.15, -0.1) is 0 Å².